The molecule has 0 unspecified atom stereocenters. The number of carbonyl (C=O) groups excluding carboxylic acids is 1. The van der Waals surface area contributed by atoms with Gasteiger partial charge in [0.2, 0.25) is 0 Å². The van der Waals surface area contributed by atoms with E-state index in [1.807, 2.05) is 0 Å². The van der Waals surface area contributed by atoms with Crippen LogP contribution in [-0.2, 0) is 14.8 Å². The molecule has 1 aromatic heterocycles. The predicted octanol–water partition coefficient (Wildman–Crippen LogP) is 0.0412. The Morgan fingerprint density at radius 3 is 2.71 bits per heavy atom. The zero-order valence-corrected chi connectivity index (χ0v) is 11.7. The molecule has 21 heavy (non-hydrogen) atoms. The summed E-state index contributed by atoms with van der Waals surface area (Å²) in [4.78, 5) is 15.1. The molecule has 1 aromatic carbocycles. The summed E-state index contributed by atoms with van der Waals surface area (Å²) in [6, 6.07) is 3.76. The molecule has 0 aliphatic heterocycles. The van der Waals surface area contributed by atoms with E-state index in [0.717, 1.165) is 7.11 Å². The van der Waals surface area contributed by atoms with Crippen LogP contribution in [0.5, 0.6) is 0 Å². The van der Waals surface area contributed by atoms with Crippen molar-refractivity contribution >= 4 is 27.6 Å². The molecule has 0 spiro atoms. The quantitative estimate of drug-likeness (QED) is 0.596. The zero-order chi connectivity index (χ0) is 15.5. The first kappa shape index (κ1) is 14.7. The fourth-order valence-corrected chi connectivity index (χ4v) is 2.64. The summed E-state index contributed by atoms with van der Waals surface area (Å²) in [5, 5.41) is 7.01. The number of ether oxygens (including phenoxy) is 1. The molecule has 10 heteroatoms. The number of nitrogen functional groups attached to an aromatic ring is 1. The molecule has 2 rings (SSSR count). The van der Waals surface area contributed by atoms with Crippen LogP contribution in [0.25, 0.3) is 0 Å². The smallest absolute Gasteiger partial charge is 0.339 e. The van der Waals surface area contributed by atoms with Gasteiger partial charge in [-0.05, 0) is 18.2 Å². The molecule has 0 atom stereocenters. The van der Waals surface area contributed by atoms with Crippen LogP contribution in [0.3, 0.4) is 0 Å². The Morgan fingerprint density at radius 1 is 1.33 bits per heavy atom. The number of esters is 1. The zero-order valence-electron chi connectivity index (χ0n) is 10.8. The van der Waals surface area contributed by atoms with Gasteiger partial charge in [-0.3, -0.25) is 0 Å². The maximum atomic E-state index is 12.3. The lowest BCUT2D eigenvalue weighted by Gasteiger charge is -2.10. The van der Waals surface area contributed by atoms with Gasteiger partial charge in [0.15, 0.2) is 0 Å². The Kier molecular flexibility index (Phi) is 3.98. The molecular weight excluding hydrogens is 298 g/mol. The predicted molar refractivity (Wildman–Crippen MR) is 72.8 cm³/mol. The van der Waals surface area contributed by atoms with Crippen LogP contribution in [0, 0.1) is 0 Å². The number of nitrogens with one attached hydrogen (secondary N) is 1. The largest absolute Gasteiger partial charge is 0.465 e. The Morgan fingerprint density at radius 2 is 2.10 bits per heavy atom. The van der Waals surface area contributed by atoms with Gasteiger partial charge in [0, 0.05) is 5.69 Å². The average molecular weight is 309 g/mol. The number of aromatic nitrogens is 3. The second-order valence-corrected chi connectivity index (χ2v) is 5.47. The van der Waals surface area contributed by atoms with Gasteiger partial charge in [0.05, 0.1) is 25.1 Å². The highest BCUT2D eigenvalue weighted by Crippen LogP contribution is 2.21. The molecule has 0 amide bonds. The van der Waals surface area contributed by atoms with Crippen LogP contribution < -0.4 is 10.5 Å². The molecule has 2 aromatic rings. The van der Waals surface area contributed by atoms with Gasteiger partial charge in [-0.2, -0.15) is 5.10 Å². The minimum absolute atomic E-state index is 0.186. The summed E-state index contributed by atoms with van der Waals surface area (Å²) in [5.74, 6) is -1.04. The molecule has 1 heterocycles. The molecule has 0 bridgehead atoms. The third-order valence-corrected chi connectivity index (χ3v) is 3.79. The molecule has 0 saturated heterocycles. The van der Waals surface area contributed by atoms with E-state index in [4.69, 9.17) is 5.73 Å². The van der Waals surface area contributed by atoms with E-state index in [2.05, 4.69) is 24.6 Å². The first-order valence-electron chi connectivity index (χ1n) is 5.58. The van der Waals surface area contributed by atoms with Gasteiger partial charge in [-0.15, -0.1) is 5.10 Å². The van der Waals surface area contributed by atoms with Crippen molar-refractivity contribution in [3.05, 3.63) is 36.2 Å². The number of hydrogen-bond donors (Lipinski definition) is 2. The molecule has 0 aliphatic rings. The van der Waals surface area contributed by atoms with Gasteiger partial charge < -0.3 is 10.5 Å². The van der Waals surface area contributed by atoms with Crippen molar-refractivity contribution in [2.75, 3.05) is 17.6 Å². The van der Waals surface area contributed by atoms with E-state index in [0.29, 0.717) is 0 Å². The number of sulfonamides is 1. The summed E-state index contributed by atoms with van der Waals surface area (Å²) >= 11 is 0. The summed E-state index contributed by atoms with van der Waals surface area (Å²) in [7, 11) is -2.95. The third kappa shape index (κ3) is 3.23. The standard InChI is InChI=1S/C11H11N5O4S/c1-20-10(17)8-6-7(12)2-3-9(8)21(18,19)16-11-13-4-5-14-15-11/h2-6H,12H2,1H3,(H,13,15,16). The van der Waals surface area contributed by atoms with Gasteiger partial charge >= 0.3 is 5.97 Å². The highest BCUT2D eigenvalue weighted by molar-refractivity contribution is 7.92. The summed E-state index contributed by atoms with van der Waals surface area (Å²) in [5.41, 5.74) is 5.60. The molecule has 0 aliphatic carbocycles. The molecule has 3 N–H and O–H groups in total. The minimum atomic E-state index is -4.09. The van der Waals surface area contributed by atoms with Crippen LogP contribution in [-0.4, -0.2) is 36.7 Å². The number of hydrogen-bond acceptors (Lipinski definition) is 8. The monoisotopic (exact) mass is 309 g/mol. The van der Waals surface area contributed by atoms with Gasteiger partial charge in [0.25, 0.3) is 16.0 Å². The number of methoxy groups -OCH3 is 1. The molecule has 110 valence electrons. The van der Waals surface area contributed by atoms with Crippen LogP contribution in [0.15, 0.2) is 35.5 Å². The number of anilines is 2. The fourth-order valence-electron chi connectivity index (χ4n) is 1.52. The highest BCUT2D eigenvalue weighted by Gasteiger charge is 2.24. The molecule has 0 saturated carbocycles. The summed E-state index contributed by atoms with van der Waals surface area (Å²) in [6.45, 7) is 0. The second-order valence-electron chi connectivity index (χ2n) is 3.82. The van der Waals surface area contributed by atoms with Crippen LogP contribution >= 0.6 is 0 Å². The Bertz CT molecular complexity index is 763. The Labute approximate surface area is 120 Å². The van der Waals surface area contributed by atoms with Crippen molar-refractivity contribution in [1.82, 2.24) is 15.2 Å². The summed E-state index contributed by atoms with van der Waals surface area (Å²) in [6.07, 6.45) is 2.57. The van der Waals surface area contributed by atoms with Crippen molar-refractivity contribution in [1.29, 1.82) is 0 Å². The maximum Gasteiger partial charge on any atom is 0.339 e. The normalized spacial score (nSPS) is 10.9. The lowest BCUT2D eigenvalue weighted by molar-refractivity contribution is 0.0596. The second kappa shape index (κ2) is 5.71. The van der Waals surface area contributed by atoms with Gasteiger partial charge in [-0.25, -0.2) is 22.9 Å². The minimum Gasteiger partial charge on any atom is -0.465 e. The molecule has 9 nitrogen and oxygen atoms in total. The number of benzene rings is 1. The van der Waals surface area contributed by atoms with E-state index in [1.165, 1.54) is 30.6 Å². The number of nitrogens with zero attached hydrogens (tertiary/aromatic N) is 3. The number of carbonyl (C=O) groups is 1. The van der Waals surface area contributed by atoms with E-state index >= 15 is 0 Å². The Hall–Kier alpha value is -2.75. The van der Waals surface area contributed by atoms with Gasteiger partial charge in [0.1, 0.15) is 4.90 Å². The Balaban J connectivity index is 2.47. The van der Waals surface area contributed by atoms with Gasteiger partial charge in [-0.1, -0.05) is 0 Å². The van der Waals surface area contributed by atoms with E-state index < -0.39 is 16.0 Å². The lowest BCUT2D eigenvalue weighted by Crippen LogP contribution is -2.19. The number of nitrogens with two attached hydrogens (primary N) is 1. The van der Waals surface area contributed by atoms with Crippen LogP contribution in [0.1, 0.15) is 10.4 Å². The first-order valence-corrected chi connectivity index (χ1v) is 7.06. The van der Waals surface area contributed by atoms with E-state index in [9.17, 15) is 13.2 Å². The lowest BCUT2D eigenvalue weighted by atomic mass is 10.2. The first-order chi connectivity index (χ1) is 9.94. The average Bonchev–Trinajstić information content (AvgIpc) is 2.46. The van der Waals surface area contributed by atoms with E-state index in [-0.39, 0.29) is 22.1 Å². The van der Waals surface area contributed by atoms with Crippen molar-refractivity contribution in [2.45, 2.75) is 4.90 Å². The summed E-state index contributed by atoms with van der Waals surface area (Å²) < 4.78 is 31.2. The van der Waals surface area contributed by atoms with Crippen LogP contribution in [0.4, 0.5) is 11.6 Å². The molecule has 0 radical (unpaired) electrons. The van der Waals surface area contributed by atoms with Crippen molar-refractivity contribution in [3.63, 3.8) is 0 Å². The topological polar surface area (TPSA) is 137 Å². The van der Waals surface area contributed by atoms with Crippen molar-refractivity contribution in [2.24, 2.45) is 0 Å². The highest BCUT2D eigenvalue weighted by atomic mass is 32.2. The number of rotatable bonds is 4. The van der Waals surface area contributed by atoms with Crippen molar-refractivity contribution < 1.29 is 17.9 Å². The third-order valence-electron chi connectivity index (χ3n) is 2.41. The maximum absolute atomic E-state index is 12.3. The van der Waals surface area contributed by atoms with E-state index in [1.54, 1.807) is 0 Å². The van der Waals surface area contributed by atoms with Crippen molar-refractivity contribution in [3.8, 4) is 0 Å². The molecular formula is C11H11N5O4S. The molecule has 0 fully saturated rings. The fraction of sp³-hybridized carbons (Fsp3) is 0.0909. The SMILES string of the molecule is COC(=O)c1cc(N)ccc1S(=O)(=O)Nc1nccnn1. The van der Waals surface area contributed by atoms with Crippen LogP contribution in [0.2, 0.25) is 0 Å².